The molecule has 2 nitrogen and oxygen atoms in total. The molecule has 0 spiro atoms. The van der Waals surface area contributed by atoms with Crippen LogP contribution in [-0.2, 0) is 0 Å². The van der Waals surface area contributed by atoms with Crippen LogP contribution in [0.2, 0.25) is 0 Å². The van der Waals surface area contributed by atoms with Crippen LogP contribution in [0.3, 0.4) is 0 Å². The Balaban J connectivity index is 2.65. The van der Waals surface area contributed by atoms with E-state index in [1.165, 1.54) is 19.6 Å². The standard InChI is InChI=1S/C12H26N2/c1-7-14-10(2)8-13(9-11(14)3)12(4,5)6/h10-11H,7-9H2,1-6H3/t10-,11-/m0/s1. The lowest BCUT2D eigenvalue weighted by molar-refractivity contribution is -0.00245. The molecule has 1 heterocycles. The Bertz CT molecular complexity index is 171. The Morgan fingerprint density at radius 2 is 1.50 bits per heavy atom. The van der Waals surface area contributed by atoms with Gasteiger partial charge in [0.15, 0.2) is 0 Å². The molecule has 1 saturated heterocycles. The summed E-state index contributed by atoms with van der Waals surface area (Å²) < 4.78 is 0. The lowest BCUT2D eigenvalue weighted by atomic mass is 9.99. The van der Waals surface area contributed by atoms with Gasteiger partial charge in [-0.05, 0) is 41.2 Å². The molecule has 0 saturated carbocycles. The lowest BCUT2D eigenvalue weighted by Gasteiger charge is -2.49. The van der Waals surface area contributed by atoms with E-state index in [0.717, 1.165) is 0 Å². The van der Waals surface area contributed by atoms with Gasteiger partial charge in [-0.2, -0.15) is 0 Å². The smallest absolute Gasteiger partial charge is 0.0198 e. The van der Waals surface area contributed by atoms with Crippen LogP contribution in [0, 0.1) is 0 Å². The van der Waals surface area contributed by atoms with E-state index < -0.39 is 0 Å². The van der Waals surface area contributed by atoms with E-state index in [9.17, 15) is 0 Å². The van der Waals surface area contributed by atoms with Crippen LogP contribution in [0.25, 0.3) is 0 Å². The van der Waals surface area contributed by atoms with Crippen molar-refractivity contribution in [1.29, 1.82) is 0 Å². The average molecular weight is 198 g/mol. The number of rotatable bonds is 1. The van der Waals surface area contributed by atoms with Crippen molar-refractivity contribution in [2.24, 2.45) is 0 Å². The summed E-state index contributed by atoms with van der Waals surface area (Å²) in [7, 11) is 0. The second-order valence-electron chi connectivity index (χ2n) is 5.60. The highest BCUT2D eigenvalue weighted by atomic mass is 15.3. The van der Waals surface area contributed by atoms with Gasteiger partial charge in [0, 0.05) is 30.7 Å². The molecule has 2 heteroatoms. The number of hydrogen-bond donors (Lipinski definition) is 0. The molecule has 0 N–H and O–H groups in total. The highest BCUT2D eigenvalue weighted by Crippen LogP contribution is 2.22. The number of hydrogen-bond acceptors (Lipinski definition) is 2. The SMILES string of the molecule is CCN1[C@@H](C)CN(C(C)(C)C)C[C@@H]1C. The molecule has 0 radical (unpaired) electrons. The molecule has 1 rings (SSSR count). The fraction of sp³-hybridized carbons (Fsp3) is 1.00. The highest BCUT2D eigenvalue weighted by Gasteiger charge is 2.33. The molecule has 84 valence electrons. The maximum Gasteiger partial charge on any atom is 0.0198 e. The van der Waals surface area contributed by atoms with Crippen molar-refractivity contribution < 1.29 is 0 Å². The first-order valence-corrected chi connectivity index (χ1v) is 5.87. The van der Waals surface area contributed by atoms with E-state index in [2.05, 4.69) is 51.3 Å². The van der Waals surface area contributed by atoms with Crippen LogP contribution in [-0.4, -0.2) is 47.1 Å². The Morgan fingerprint density at radius 1 is 1.07 bits per heavy atom. The van der Waals surface area contributed by atoms with Gasteiger partial charge in [-0.15, -0.1) is 0 Å². The number of likely N-dealkylation sites (N-methyl/N-ethyl adjacent to an activating group) is 1. The molecule has 1 aliphatic heterocycles. The predicted molar refractivity (Wildman–Crippen MR) is 62.6 cm³/mol. The first-order chi connectivity index (χ1) is 6.36. The Hall–Kier alpha value is -0.0800. The minimum absolute atomic E-state index is 0.322. The molecule has 2 atom stereocenters. The molecule has 0 aromatic rings. The maximum absolute atomic E-state index is 2.61. The molecule has 0 bridgehead atoms. The summed E-state index contributed by atoms with van der Waals surface area (Å²) >= 11 is 0. The largest absolute Gasteiger partial charge is 0.296 e. The fourth-order valence-corrected chi connectivity index (χ4v) is 2.53. The van der Waals surface area contributed by atoms with E-state index in [0.29, 0.717) is 17.6 Å². The number of nitrogens with zero attached hydrogens (tertiary/aromatic N) is 2. The van der Waals surface area contributed by atoms with Crippen LogP contribution in [0.4, 0.5) is 0 Å². The van der Waals surface area contributed by atoms with Gasteiger partial charge in [0.1, 0.15) is 0 Å². The topological polar surface area (TPSA) is 6.48 Å². The molecule has 1 aliphatic rings. The van der Waals surface area contributed by atoms with E-state index in [1.807, 2.05) is 0 Å². The summed E-state index contributed by atoms with van der Waals surface area (Å²) in [6.07, 6.45) is 0. The van der Waals surface area contributed by atoms with E-state index in [4.69, 9.17) is 0 Å². The van der Waals surface area contributed by atoms with Crippen LogP contribution >= 0.6 is 0 Å². The summed E-state index contributed by atoms with van der Waals surface area (Å²) in [6.45, 7) is 17.5. The summed E-state index contributed by atoms with van der Waals surface area (Å²) in [5, 5.41) is 0. The quantitative estimate of drug-likeness (QED) is 0.637. The third-order valence-electron chi connectivity index (χ3n) is 3.42. The third-order valence-corrected chi connectivity index (χ3v) is 3.42. The van der Waals surface area contributed by atoms with Gasteiger partial charge in [0.25, 0.3) is 0 Å². The molecule has 1 fully saturated rings. The molecule has 0 amide bonds. The van der Waals surface area contributed by atoms with E-state index >= 15 is 0 Å². The monoisotopic (exact) mass is 198 g/mol. The van der Waals surface area contributed by atoms with Crippen molar-refractivity contribution in [3.63, 3.8) is 0 Å². The normalized spacial score (nSPS) is 32.1. The summed E-state index contributed by atoms with van der Waals surface area (Å²) in [6, 6.07) is 1.39. The molecule has 14 heavy (non-hydrogen) atoms. The average Bonchev–Trinajstić information content (AvgIpc) is 2.01. The predicted octanol–water partition coefficient (Wildman–Crippen LogP) is 2.20. The van der Waals surface area contributed by atoms with Crippen LogP contribution in [0.5, 0.6) is 0 Å². The minimum Gasteiger partial charge on any atom is -0.296 e. The second-order valence-corrected chi connectivity index (χ2v) is 5.60. The van der Waals surface area contributed by atoms with Crippen LogP contribution < -0.4 is 0 Å². The van der Waals surface area contributed by atoms with Crippen molar-refractivity contribution in [1.82, 2.24) is 9.80 Å². The zero-order valence-electron chi connectivity index (χ0n) is 10.7. The third kappa shape index (κ3) is 2.48. The molecular weight excluding hydrogens is 172 g/mol. The molecule has 0 aliphatic carbocycles. The highest BCUT2D eigenvalue weighted by molar-refractivity contribution is 4.89. The van der Waals surface area contributed by atoms with Gasteiger partial charge >= 0.3 is 0 Å². The van der Waals surface area contributed by atoms with Gasteiger partial charge in [0.2, 0.25) is 0 Å². The van der Waals surface area contributed by atoms with Gasteiger partial charge in [-0.1, -0.05) is 6.92 Å². The van der Waals surface area contributed by atoms with Gasteiger partial charge in [0.05, 0.1) is 0 Å². The van der Waals surface area contributed by atoms with Gasteiger partial charge in [-0.3, -0.25) is 9.80 Å². The lowest BCUT2D eigenvalue weighted by Crippen LogP contribution is -2.60. The minimum atomic E-state index is 0.322. The fourth-order valence-electron chi connectivity index (χ4n) is 2.53. The van der Waals surface area contributed by atoms with Crippen LogP contribution in [0.15, 0.2) is 0 Å². The van der Waals surface area contributed by atoms with E-state index in [-0.39, 0.29) is 0 Å². The van der Waals surface area contributed by atoms with Gasteiger partial charge < -0.3 is 0 Å². The van der Waals surface area contributed by atoms with Gasteiger partial charge in [-0.25, -0.2) is 0 Å². The molecular formula is C12H26N2. The summed E-state index contributed by atoms with van der Waals surface area (Å²) in [4.78, 5) is 5.21. The van der Waals surface area contributed by atoms with Crippen molar-refractivity contribution in [3.8, 4) is 0 Å². The first kappa shape index (κ1) is 12.0. The van der Waals surface area contributed by atoms with Crippen molar-refractivity contribution in [2.45, 2.75) is 59.2 Å². The first-order valence-electron chi connectivity index (χ1n) is 5.87. The zero-order valence-corrected chi connectivity index (χ0v) is 10.7. The zero-order chi connectivity index (χ0) is 10.9. The van der Waals surface area contributed by atoms with Crippen molar-refractivity contribution in [3.05, 3.63) is 0 Å². The Kier molecular flexibility index (Phi) is 3.59. The van der Waals surface area contributed by atoms with E-state index in [1.54, 1.807) is 0 Å². The summed E-state index contributed by atoms with van der Waals surface area (Å²) in [5.41, 5.74) is 0.322. The Labute approximate surface area is 89.3 Å². The molecule has 0 aromatic heterocycles. The Morgan fingerprint density at radius 3 is 1.79 bits per heavy atom. The number of piperazine rings is 1. The molecule has 0 unspecified atom stereocenters. The molecule has 0 aromatic carbocycles. The summed E-state index contributed by atoms with van der Waals surface area (Å²) in [5.74, 6) is 0. The maximum atomic E-state index is 2.61. The van der Waals surface area contributed by atoms with Crippen molar-refractivity contribution >= 4 is 0 Å². The van der Waals surface area contributed by atoms with Crippen LogP contribution in [0.1, 0.15) is 41.5 Å². The second kappa shape index (κ2) is 4.19. The van der Waals surface area contributed by atoms with Crippen molar-refractivity contribution in [2.75, 3.05) is 19.6 Å².